The van der Waals surface area contributed by atoms with Crippen molar-refractivity contribution in [2.45, 2.75) is 25.7 Å². The van der Waals surface area contributed by atoms with E-state index in [4.69, 9.17) is 0 Å². The lowest BCUT2D eigenvalue weighted by Gasteiger charge is -2.21. The monoisotopic (exact) mass is 251 g/mol. The van der Waals surface area contributed by atoms with E-state index in [1.165, 1.54) is 0 Å². The van der Waals surface area contributed by atoms with Crippen molar-refractivity contribution in [1.82, 2.24) is 4.90 Å². The van der Waals surface area contributed by atoms with Crippen molar-refractivity contribution in [2.24, 2.45) is 0 Å². The number of hydrogen-bond acceptors (Lipinski definition) is 1. The molecule has 0 fully saturated rings. The number of hydrogen-bond donors (Lipinski definition) is 0. The zero-order chi connectivity index (χ0) is 13.1. The topological polar surface area (TPSA) is 3.24 Å². The molecule has 15 heavy (non-hydrogen) atoms. The van der Waals surface area contributed by atoms with Gasteiger partial charge in [0.15, 0.2) is 0 Å². The third-order valence-corrected chi connectivity index (χ3v) is 0.761. The summed E-state index contributed by atoms with van der Waals surface area (Å²) < 4.78 is 98.0. The van der Waals surface area contributed by atoms with Crippen LogP contribution in [-0.2, 0) is 0 Å². The average molecular weight is 251 g/mol. The first kappa shape index (κ1) is 16.7. The Kier molecular flexibility index (Phi) is 5.47. The summed E-state index contributed by atoms with van der Waals surface area (Å²) in [6, 6.07) is 0. The van der Waals surface area contributed by atoms with Crippen LogP contribution in [0, 0.1) is 0 Å². The van der Waals surface area contributed by atoms with Gasteiger partial charge in [0.1, 0.15) is 0 Å². The van der Waals surface area contributed by atoms with Gasteiger partial charge in [-0.3, -0.25) is 0 Å². The van der Waals surface area contributed by atoms with Gasteiger partial charge in [0.25, 0.3) is 0 Å². The molecular weight excluding hydrogens is 245 g/mol. The molecular formula is C5H6F9N. The number of rotatable bonds is 0. The molecule has 0 aromatic rings. The summed E-state index contributed by atoms with van der Waals surface area (Å²) in [6.45, 7) is 0.188. The van der Waals surface area contributed by atoms with Crippen molar-refractivity contribution in [2.75, 3.05) is 7.05 Å². The summed E-state index contributed by atoms with van der Waals surface area (Å²) in [4.78, 5) is -1.62. The third-order valence-electron chi connectivity index (χ3n) is 0.761. The first-order chi connectivity index (χ1) is 6.15. The molecule has 0 amide bonds. The molecule has 0 aromatic carbocycles. The van der Waals surface area contributed by atoms with E-state index in [1.807, 2.05) is 0 Å². The fourth-order valence-electron chi connectivity index (χ4n) is 0.144. The maximum atomic E-state index is 11.2. The first-order valence-corrected chi connectivity index (χ1v) is 3.10. The molecule has 0 radical (unpaired) electrons. The van der Waals surface area contributed by atoms with Crippen molar-refractivity contribution in [3.63, 3.8) is 0 Å². The molecule has 0 rings (SSSR count). The highest BCUT2D eigenvalue weighted by Gasteiger charge is 2.50. The van der Waals surface area contributed by atoms with Crippen molar-refractivity contribution >= 4 is 0 Å². The Morgan fingerprint density at radius 2 is 0.800 bits per heavy atom. The zero-order valence-corrected chi connectivity index (χ0v) is 7.35. The summed E-state index contributed by atoms with van der Waals surface area (Å²) in [5.41, 5.74) is 0. The third kappa shape index (κ3) is 13.3. The summed E-state index contributed by atoms with van der Waals surface area (Å²) in [5, 5.41) is 0. The summed E-state index contributed by atoms with van der Waals surface area (Å²) in [7, 11) is -0.0833. The molecule has 0 atom stereocenters. The van der Waals surface area contributed by atoms with E-state index in [2.05, 4.69) is 0 Å². The van der Waals surface area contributed by atoms with Gasteiger partial charge >= 0.3 is 18.8 Å². The Balaban J connectivity index is 0. The van der Waals surface area contributed by atoms with Crippen LogP contribution in [0.1, 0.15) is 6.92 Å². The van der Waals surface area contributed by atoms with Crippen LogP contribution in [-0.4, -0.2) is 30.7 Å². The van der Waals surface area contributed by atoms with Gasteiger partial charge in [-0.2, -0.15) is 39.5 Å². The lowest BCUT2D eigenvalue weighted by molar-refractivity contribution is -0.363. The second-order valence-corrected chi connectivity index (χ2v) is 2.28. The molecule has 0 bridgehead atoms. The highest BCUT2D eigenvalue weighted by atomic mass is 19.4. The van der Waals surface area contributed by atoms with Crippen LogP contribution in [0.4, 0.5) is 39.5 Å². The van der Waals surface area contributed by atoms with Crippen LogP contribution in [0.15, 0.2) is 0 Å². The zero-order valence-electron chi connectivity index (χ0n) is 7.35. The predicted octanol–water partition coefficient (Wildman–Crippen LogP) is 3.53. The van der Waals surface area contributed by atoms with Crippen molar-refractivity contribution in [3.05, 3.63) is 0 Å². The first-order valence-electron chi connectivity index (χ1n) is 3.10. The fourth-order valence-corrected chi connectivity index (χ4v) is 0.144. The van der Waals surface area contributed by atoms with Gasteiger partial charge in [-0.15, -0.1) is 4.90 Å². The number of halogens is 9. The molecule has 10 heteroatoms. The van der Waals surface area contributed by atoms with E-state index in [0.29, 0.717) is 0 Å². The highest BCUT2D eigenvalue weighted by molar-refractivity contribution is 4.54. The Bertz CT molecular complexity index is 154. The Morgan fingerprint density at radius 3 is 0.800 bits per heavy atom. The molecule has 0 aliphatic rings. The summed E-state index contributed by atoms with van der Waals surface area (Å²) >= 11 is 0. The predicted molar refractivity (Wildman–Crippen MR) is 31.6 cm³/mol. The molecule has 94 valence electrons. The van der Waals surface area contributed by atoms with Crippen LogP contribution >= 0.6 is 0 Å². The maximum absolute atomic E-state index is 11.2. The van der Waals surface area contributed by atoms with E-state index in [1.54, 1.807) is 0 Å². The molecule has 0 heterocycles. The Hall–Kier alpha value is -0.670. The van der Waals surface area contributed by atoms with Gasteiger partial charge in [-0.25, -0.2) is 0 Å². The molecule has 0 aliphatic carbocycles. The minimum absolute atomic E-state index is 0.0833. The number of nitrogens with zero attached hydrogens (tertiary/aromatic N) is 1. The van der Waals surface area contributed by atoms with E-state index in [0.717, 1.165) is 0 Å². The van der Waals surface area contributed by atoms with Gasteiger partial charge in [-0.1, -0.05) is 0 Å². The van der Waals surface area contributed by atoms with Gasteiger partial charge in [0.2, 0.25) is 0 Å². The SMILES string of the molecule is CC(F)(F)F.CN(C(F)(F)F)C(F)(F)F. The molecule has 0 unspecified atom stereocenters. The summed E-state index contributed by atoms with van der Waals surface area (Å²) in [6.07, 6.45) is -14.7. The van der Waals surface area contributed by atoms with Crippen LogP contribution in [0.2, 0.25) is 0 Å². The van der Waals surface area contributed by atoms with Gasteiger partial charge < -0.3 is 0 Å². The van der Waals surface area contributed by atoms with Crippen molar-refractivity contribution < 1.29 is 39.5 Å². The quantitative estimate of drug-likeness (QED) is 0.470. The van der Waals surface area contributed by atoms with E-state index < -0.39 is 23.7 Å². The van der Waals surface area contributed by atoms with Crippen LogP contribution < -0.4 is 0 Å². The Labute approximate surface area is 78.5 Å². The Morgan fingerprint density at radius 1 is 0.667 bits per heavy atom. The molecule has 0 spiro atoms. The lowest BCUT2D eigenvalue weighted by Crippen LogP contribution is -2.44. The van der Waals surface area contributed by atoms with Crippen LogP contribution in [0.5, 0.6) is 0 Å². The molecule has 1 nitrogen and oxygen atoms in total. The van der Waals surface area contributed by atoms with Gasteiger partial charge in [0.05, 0.1) is 0 Å². The van der Waals surface area contributed by atoms with E-state index >= 15 is 0 Å². The average Bonchev–Trinajstić information content (AvgIpc) is 1.77. The normalized spacial score (nSPS) is 13.6. The molecule has 0 saturated carbocycles. The summed E-state index contributed by atoms with van der Waals surface area (Å²) in [5.74, 6) is 0. The van der Waals surface area contributed by atoms with Crippen LogP contribution in [0.3, 0.4) is 0 Å². The molecule has 0 saturated heterocycles. The fraction of sp³-hybridized carbons (Fsp3) is 1.00. The standard InChI is InChI=1S/C3H3F6N.C2H3F3/c1-10(2(4,5)6)3(7,8)9;1-2(3,4)5/h1H3;1H3. The minimum atomic E-state index is -5.35. The lowest BCUT2D eigenvalue weighted by atomic mass is 10.8. The van der Waals surface area contributed by atoms with Gasteiger partial charge in [0, 0.05) is 14.0 Å². The van der Waals surface area contributed by atoms with Crippen molar-refractivity contribution in [1.29, 1.82) is 0 Å². The second-order valence-electron chi connectivity index (χ2n) is 2.28. The maximum Gasteiger partial charge on any atom is 0.466 e. The second kappa shape index (κ2) is 4.90. The van der Waals surface area contributed by atoms with E-state index in [-0.39, 0.29) is 14.0 Å². The number of alkyl halides is 9. The highest BCUT2D eigenvalue weighted by Crippen LogP contribution is 2.30. The molecule has 0 aliphatic heterocycles. The van der Waals surface area contributed by atoms with Gasteiger partial charge in [-0.05, 0) is 0 Å². The smallest absolute Gasteiger partial charge is 0.172 e. The minimum Gasteiger partial charge on any atom is -0.172 e. The van der Waals surface area contributed by atoms with Crippen LogP contribution in [0.25, 0.3) is 0 Å². The molecule has 0 aromatic heterocycles. The molecule has 0 N–H and O–H groups in total. The van der Waals surface area contributed by atoms with E-state index in [9.17, 15) is 39.5 Å². The van der Waals surface area contributed by atoms with Crippen molar-refractivity contribution in [3.8, 4) is 0 Å². The largest absolute Gasteiger partial charge is 0.466 e.